The Balaban J connectivity index is 2.08. The number of aromatic nitrogens is 2. The second-order valence-corrected chi connectivity index (χ2v) is 5.73. The summed E-state index contributed by atoms with van der Waals surface area (Å²) in [7, 11) is 0. The molecule has 1 aromatic heterocycles. The average molecular weight is 276 g/mol. The Labute approximate surface area is 120 Å². The second-order valence-electron chi connectivity index (χ2n) is 5.73. The number of amides is 1. The maximum absolute atomic E-state index is 12.6. The van der Waals surface area contributed by atoms with Crippen LogP contribution in [0.4, 0.5) is 5.82 Å². The third-order valence-corrected chi connectivity index (χ3v) is 3.41. The summed E-state index contributed by atoms with van der Waals surface area (Å²) in [6, 6.07) is 0.408. The van der Waals surface area contributed by atoms with Gasteiger partial charge < -0.3 is 10.2 Å². The first kappa shape index (κ1) is 14.8. The van der Waals surface area contributed by atoms with Crippen molar-refractivity contribution in [2.75, 3.05) is 18.4 Å². The fourth-order valence-corrected chi connectivity index (χ4v) is 2.12. The van der Waals surface area contributed by atoms with Crippen molar-refractivity contribution in [3.05, 3.63) is 18.1 Å². The van der Waals surface area contributed by atoms with E-state index in [1.54, 1.807) is 12.4 Å². The van der Waals surface area contributed by atoms with E-state index in [0.717, 1.165) is 32.4 Å². The van der Waals surface area contributed by atoms with Crippen molar-refractivity contribution in [2.24, 2.45) is 5.92 Å². The van der Waals surface area contributed by atoms with Crippen LogP contribution in [0.5, 0.6) is 0 Å². The van der Waals surface area contributed by atoms with Gasteiger partial charge in [0.1, 0.15) is 11.5 Å². The maximum Gasteiger partial charge on any atom is 0.274 e. The molecule has 5 nitrogen and oxygen atoms in total. The first-order valence-electron chi connectivity index (χ1n) is 7.48. The van der Waals surface area contributed by atoms with Gasteiger partial charge in [0.15, 0.2) is 0 Å². The first-order chi connectivity index (χ1) is 9.61. The van der Waals surface area contributed by atoms with Gasteiger partial charge >= 0.3 is 0 Å². The lowest BCUT2D eigenvalue weighted by atomic mass is 10.1. The Morgan fingerprint density at radius 3 is 2.80 bits per heavy atom. The van der Waals surface area contributed by atoms with E-state index in [1.165, 1.54) is 0 Å². The minimum atomic E-state index is 0.0143. The number of hydrogen-bond acceptors (Lipinski definition) is 4. The number of hydrogen-bond donors (Lipinski definition) is 1. The summed E-state index contributed by atoms with van der Waals surface area (Å²) in [6.07, 6.45) is 6.47. The maximum atomic E-state index is 12.6. The Bertz CT molecular complexity index is 457. The Hall–Kier alpha value is -1.65. The van der Waals surface area contributed by atoms with Gasteiger partial charge in [0, 0.05) is 19.1 Å². The summed E-state index contributed by atoms with van der Waals surface area (Å²) in [5.74, 6) is 1.28. The molecule has 0 radical (unpaired) electrons. The molecule has 1 heterocycles. The van der Waals surface area contributed by atoms with Crippen LogP contribution in [0, 0.1) is 5.92 Å². The summed E-state index contributed by atoms with van der Waals surface area (Å²) in [4.78, 5) is 23.0. The monoisotopic (exact) mass is 276 g/mol. The zero-order valence-electron chi connectivity index (χ0n) is 12.6. The quantitative estimate of drug-likeness (QED) is 0.831. The van der Waals surface area contributed by atoms with Gasteiger partial charge in [-0.25, -0.2) is 4.98 Å². The van der Waals surface area contributed by atoms with Crippen molar-refractivity contribution < 1.29 is 4.79 Å². The highest BCUT2D eigenvalue weighted by molar-refractivity contribution is 5.92. The molecule has 0 atom stereocenters. The molecule has 110 valence electrons. The number of nitrogens with zero attached hydrogens (tertiary/aromatic N) is 3. The van der Waals surface area contributed by atoms with Crippen LogP contribution in [0.1, 0.15) is 50.5 Å². The lowest BCUT2D eigenvalue weighted by molar-refractivity contribution is 0.0729. The molecule has 2 rings (SSSR count). The van der Waals surface area contributed by atoms with Gasteiger partial charge in [-0.3, -0.25) is 9.78 Å². The van der Waals surface area contributed by atoms with Gasteiger partial charge in [0.05, 0.1) is 12.4 Å². The van der Waals surface area contributed by atoms with Crippen molar-refractivity contribution >= 4 is 11.7 Å². The molecule has 1 saturated carbocycles. The van der Waals surface area contributed by atoms with Gasteiger partial charge in [-0.2, -0.15) is 0 Å². The molecule has 0 saturated heterocycles. The highest BCUT2D eigenvalue weighted by Crippen LogP contribution is 2.28. The standard InChI is InChI=1S/C15H24N4O/c1-4-17-14-10-16-9-13(18-14)15(20)19(12-5-6-12)8-7-11(2)3/h9-12H,4-8H2,1-3H3,(H,17,18). The number of carbonyl (C=O) groups excluding carboxylic acids is 1. The third kappa shape index (κ3) is 3.92. The van der Waals surface area contributed by atoms with Gasteiger partial charge in [0.25, 0.3) is 5.91 Å². The van der Waals surface area contributed by atoms with Crippen molar-refractivity contribution in [1.82, 2.24) is 14.9 Å². The average Bonchev–Trinajstić information content (AvgIpc) is 3.24. The van der Waals surface area contributed by atoms with Gasteiger partial charge in [-0.1, -0.05) is 13.8 Å². The lowest BCUT2D eigenvalue weighted by Crippen LogP contribution is -2.35. The predicted octanol–water partition coefficient (Wildman–Crippen LogP) is 2.56. The van der Waals surface area contributed by atoms with Crippen LogP contribution >= 0.6 is 0 Å². The first-order valence-corrected chi connectivity index (χ1v) is 7.48. The van der Waals surface area contributed by atoms with Crippen LogP contribution in [0.15, 0.2) is 12.4 Å². The van der Waals surface area contributed by atoms with E-state index >= 15 is 0 Å². The van der Waals surface area contributed by atoms with E-state index in [-0.39, 0.29) is 5.91 Å². The van der Waals surface area contributed by atoms with E-state index in [1.807, 2.05) is 11.8 Å². The molecular formula is C15H24N4O. The van der Waals surface area contributed by atoms with Crippen LogP contribution in [0.2, 0.25) is 0 Å². The molecule has 20 heavy (non-hydrogen) atoms. The number of carbonyl (C=O) groups is 1. The van der Waals surface area contributed by atoms with Gasteiger partial charge in [-0.15, -0.1) is 0 Å². The van der Waals surface area contributed by atoms with Crippen molar-refractivity contribution in [1.29, 1.82) is 0 Å². The van der Waals surface area contributed by atoms with Crippen molar-refractivity contribution in [3.8, 4) is 0 Å². The molecule has 5 heteroatoms. The highest BCUT2D eigenvalue weighted by Gasteiger charge is 2.33. The molecule has 1 N–H and O–H groups in total. The van der Waals surface area contributed by atoms with Crippen molar-refractivity contribution in [2.45, 2.75) is 46.1 Å². The number of nitrogens with one attached hydrogen (secondary N) is 1. The fourth-order valence-electron chi connectivity index (χ4n) is 2.12. The molecule has 1 aromatic rings. The molecule has 1 aliphatic rings. The minimum Gasteiger partial charge on any atom is -0.369 e. The summed E-state index contributed by atoms with van der Waals surface area (Å²) in [5.41, 5.74) is 0.444. The summed E-state index contributed by atoms with van der Waals surface area (Å²) in [6.45, 7) is 7.94. The van der Waals surface area contributed by atoms with Crippen LogP contribution < -0.4 is 5.32 Å². The molecule has 0 aromatic carbocycles. The van der Waals surface area contributed by atoms with Gasteiger partial charge in [0.2, 0.25) is 0 Å². The zero-order valence-corrected chi connectivity index (χ0v) is 12.6. The molecule has 0 spiro atoms. The summed E-state index contributed by atoms with van der Waals surface area (Å²) < 4.78 is 0. The molecular weight excluding hydrogens is 252 g/mol. The van der Waals surface area contributed by atoms with Crippen LogP contribution in [0.25, 0.3) is 0 Å². The van der Waals surface area contributed by atoms with Crippen LogP contribution in [-0.4, -0.2) is 39.9 Å². The summed E-state index contributed by atoms with van der Waals surface area (Å²) in [5, 5.41) is 3.09. The smallest absolute Gasteiger partial charge is 0.274 e. The van der Waals surface area contributed by atoms with Crippen molar-refractivity contribution in [3.63, 3.8) is 0 Å². The molecule has 0 unspecified atom stereocenters. The number of anilines is 1. The van der Waals surface area contributed by atoms with E-state index < -0.39 is 0 Å². The number of rotatable bonds is 7. The Morgan fingerprint density at radius 1 is 1.45 bits per heavy atom. The predicted molar refractivity (Wildman–Crippen MR) is 79.7 cm³/mol. The largest absolute Gasteiger partial charge is 0.369 e. The zero-order chi connectivity index (χ0) is 14.5. The second kappa shape index (κ2) is 6.68. The molecule has 1 fully saturated rings. The minimum absolute atomic E-state index is 0.0143. The SMILES string of the molecule is CCNc1cncc(C(=O)N(CCC(C)C)C2CC2)n1. The Kier molecular flexibility index (Phi) is 4.93. The van der Waals surface area contributed by atoms with E-state index in [9.17, 15) is 4.79 Å². The summed E-state index contributed by atoms with van der Waals surface area (Å²) >= 11 is 0. The van der Waals surface area contributed by atoms with Crippen LogP contribution in [-0.2, 0) is 0 Å². The third-order valence-electron chi connectivity index (χ3n) is 3.41. The van der Waals surface area contributed by atoms with E-state index in [4.69, 9.17) is 0 Å². The Morgan fingerprint density at radius 2 is 2.20 bits per heavy atom. The van der Waals surface area contributed by atoms with Gasteiger partial charge in [-0.05, 0) is 32.1 Å². The molecule has 0 aliphatic heterocycles. The molecule has 1 amide bonds. The molecule has 1 aliphatic carbocycles. The highest BCUT2D eigenvalue weighted by atomic mass is 16.2. The lowest BCUT2D eigenvalue weighted by Gasteiger charge is -2.23. The fraction of sp³-hybridized carbons (Fsp3) is 0.667. The van der Waals surface area contributed by atoms with E-state index in [2.05, 4.69) is 29.1 Å². The molecule has 0 bridgehead atoms. The topological polar surface area (TPSA) is 58.1 Å². The van der Waals surface area contributed by atoms with E-state index in [0.29, 0.717) is 23.5 Å². The van der Waals surface area contributed by atoms with Crippen LogP contribution in [0.3, 0.4) is 0 Å². The normalized spacial score (nSPS) is 14.4.